The van der Waals surface area contributed by atoms with Crippen LogP contribution in [0.2, 0.25) is 0 Å². The summed E-state index contributed by atoms with van der Waals surface area (Å²) in [5, 5.41) is 0. The average Bonchev–Trinajstić information content (AvgIpc) is 2.81. The third-order valence-electron chi connectivity index (χ3n) is 6.21. The van der Waals surface area contributed by atoms with Crippen LogP contribution in [0, 0.1) is 0 Å². The van der Waals surface area contributed by atoms with E-state index in [0.717, 1.165) is 30.6 Å². The number of benzene rings is 2. The second-order valence-electron chi connectivity index (χ2n) is 10.1. The summed E-state index contributed by atoms with van der Waals surface area (Å²) in [6.07, 6.45) is 10.3. The predicted molar refractivity (Wildman–Crippen MR) is 148 cm³/mol. The van der Waals surface area contributed by atoms with E-state index in [9.17, 15) is 9.00 Å². The molecule has 1 unspecified atom stereocenters. The van der Waals surface area contributed by atoms with Crippen molar-refractivity contribution in [2.75, 3.05) is 5.75 Å². The van der Waals surface area contributed by atoms with Crippen LogP contribution >= 0.6 is 0 Å². The van der Waals surface area contributed by atoms with E-state index in [0.29, 0.717) is 11.3 Å². The number of hydrogen-bond donors (Lipinski definition) is 1. The van der Waals surface area contributed by atoms with Crippen molar-refractivity contribution in [2.45, 2.75) is 104 Å². The maximum absolute atomic E-state index is 12.5. The number of nitrogens with one attached hydrogen (secondary N) is 1. The van der Waals surface area contributed by atoms with E-state index >= 15 is 0 Å². The number of rotatable bonds is 12. The van der Waals surface area contributed by atoms with Crippen LogP contribution in [-0.2, 0) is 17.4 Å². The monoisotopic (exact) mass is 499 g/mol. The standard InChI is InChI=1S/C21H33NO3S.C9H12/c1-5-6-7-8-9-10-13-26(24)22-19-15-21(3,4)25-20-12-11-17(16(2)23)14-18(19)20;1-2-6-9-7-4-3-5-8-9/h11-12,14,19,22H,5-10,13,15H2,1-4H3;3-5,7-8H,2,6H2,1H3/t19-,26?;/m0./s1. The zero-order valence-corrected chi connectivity index (χ0v) is 23.2. The number of Topliss-reactive ketones (excluding diaryl/α,β-unsaturated/α-hetero) is 1. The molecule has 5 heteroatoms. The Labute approximate surface area is 215 Å². The summed E-state index contributed by atoms with van der Waals surface area (Å²) in [4.78, 5) is 11.7. The van der Waals surface area contributed by atoms with Crippen molar-refractivity contribution in [3.63, 3.8) is 0 Å². The van der Waals surface area contributed by atoms with Gasteiger partial charge in [0, 0.05) is 23.3 Å². The van der Waals surface area contributed by atoms with Gasteiger partial charge < -0.3 is 4.74 Å². The van der Waals surface area contributed by atoms with Crippen LogP contribution in [-0.4, -0.2) is 21.3 Å². The molecule has 0 radical (unpaired) electrons. The van der Waals surface area contributed by atoms with Crippen LogP contribution < -0.4 is 9.46 Å². The first-order valence-electron chi connectivity index (χ1n) is 13.3. The molecule has 1 heterocycles. The Morgan fingerprint density at radius 1 is 1.00 bits per heavy atom. The Morgan fingerprint density at radius 2 is 1.69 bits per heavy atom. The van der Waals surface area contributed by atoms with Crippen molar-refractivity contribution in [1.29, 1.82) is 0 Å². The minimum Gasteiger partial charge on any atom is -0.487 e. The van der Waals surface area contributed by atoms with Gasteiger partial charge in [-0.1, -0.05) is 82.7 Å². The summed E-state index contributed by atoms with van der Waals surface area (Å²) < 4.78 is 21.9. The average molecular weight is 500 g/mol. The van der Waals surface area contributed by atoms with Gasteiger partial charge in [-0.25, -0.2) is 8.93 Å². The maximum Gasteiger partial charge on any atom is 0.159 e. The minimum absolute atomic E-state index is 0.0320. The molecule has 0 saturated carbocycles. The molecule has 0 aliphatic carbocycles. The normalized spacial score (nSPS) is 16.9. The van der Waals surface area contributed by atoms with Crippen LogP contribution in [0.3, 0.4) is 0 Å². The lowest BCUT2D eigenvalue weighted by Gasteiger charge is -2.38. The molecule has 2 atom stereocenters. The van der Waals surface area contributed by atoms with Gasteiger partial charge in [0.1, 0.15) is 11.4 Å². The highest BCUT2D eigenvalue weighted by Gasteiger charge is 2.34. The molecule has 194 valence electrons. The van der Waals surface area contributed by atoms with Crippen LogP contribution in [0.25, 0.3) is 0 Å². The molecular formula is C30H45NO3S. The van der Waals surface area contributed by atoms with E-state index < -0.39 is 11.0 Å². The van der Waals surface area contributed by atoms with Gasteiger partial charge in [0.25, 0.3) is 0 Å². The van der Waals surface area contributed by atoms with Crippen molar-refractivity contribution in [3.05, 3.63) is 65.2 Å². The third kappa shape index (κ3) is 10.7. The lowest BCUT2D eigenvalue weighted by molar-refractivity contribution is 0.0703. The van der Waals surface area contributed by atoms with Gasteiger partial charge in [-0.3, -0.25) is 4.79 Å². The van der Waals surface area contributed by atoms with Crippen LogP contribution in [0.4, 0.5) is 0 Å². The number of carbonyl (C=O) groups is 1. The van der Waals surface area contributed by atoms with Gasteiger partial charge >= 0.3 is 0 Å². The quantitative estimate of drug-likeness (QED) is 0.240. The number of carbonyl (C=O) groups excluding carboxylic acids is 1. The van der Waals surface area contributed by atoms with Gasteiger partial charge in [-0.15, -0.1) is 0 Å². The second-order valence-corrected chi connectivity index (χ2v) is 11.4. The fourth-order valence-corrected chi connectivity index (χ4v) is 5.45. The third-order valence-corrected chi connectivity index (χ3v) is 7.42. The Balaban J connectivity index is 0.000000402. The number of hydrogen-bond acceptors (Lipinski definition) is 3. The van der Waals surface area contributed by atoms with E-state index in [1.807, 2.05) is 26.0 Å². The molecular weight excluding hydrogens is 454 g/mol. The topological polar surface area (TPSA) is 55.4 Å². The first kappa shape index (κ1) is 29.3. The minimum atomic E-state index is -1.07. The number of fused-ring (bicyclic) bond motifs is 1. The SMILES string of the molecule is CCCCCCCCS(=O)N[C@H]1CC(C)(C)Oc2ccc(C(C)=O)cc21.CCCc1ccccc1. The van der Waals surface area contributed by atoms with Crippen LogP contribution in [0.5, 0.6) is 5.75 Å². The predicted octanol–water partition coefficient (Wildman–Crippen LogP) is 7.74. The van der Waals surface area contributed by atoms with E-state index in [2.05, 4.69) is 48.9 Å². The van der Waals surface area contributed by atoms with E-state index in [1.54, 1.807) is 13.0 Å². The van der Waals surface area contributed by atoms with Crippen LogP contribution in [0.1, 0.15) is 114 Å². The summed E-state index contributed by atoms with van der Waals surface area (Å²) in [6, 6.07) is 16.0. The van der Waals surface area contributed by atoms with Gasteiger partial charge in [-0.2, -0.15) is 0 Å². The Morgan fingerprint density at radius 3 is 2.34 bits per heavy atom. The zero-order valence-electron chi connectivity index (χ0n) is 22.4. The van der Waals surface area contributed by atoms with Gasteiger partial charge in [0.05, 0.1) is 17.0 Å². The summed E-state index contributed by atoms with van der Waals surface area (Å²) in [6.45, 7) is 10.1. The first-order chi connectivity index (χ1) is 16.8. The second kappa shape index (κ2) is 15.2. The fourth-order valence-electron chi connectivity index (χ4n) is 4.34. The molecule has 0 fully saturated rings. The van der Waals surface area contributed by atoms with Gasteiger partial charge in [0.15, 0.2) is 5.78 Å². The van der Waals surface area contributed by atoms with Gasteiger partial charge in [-0.05, 0) is 57.4 Å². The van der Waals surface area contributed by atoms with Crippen molar-refractivity contribution in [1.82, 2.24) is 4.72 Å². The van der Waals surface area contributed by atoms with Crippen molar-refractivity contribution in [3.8, 4) is 5.75 Å². The smallest absolute Gasteiger partial charge is 0.159 e. The largest absolute Gasteiger partial charge is 0.487 e. The highest BCUT2D eigenvalue weighted by atomic mass is 32.2. The molecule has 0 aromatic heterocycles. The molecule has 2 aromatic carbocycles. The van der Waals surface area contributed by atoms with Crippen molar-refractivity contribution < 1.29 is 13.7 Å². The van der Waals surface area contributed by atoms with E-state index in [1.165, 1.54) is 44.1 Å². The highest BCUT2D eigenvalue weighted by molar-refractivity contribution is 7.83. The molecule has 0 spiro atoms. The number of aryl methyl sites for hydroxylation is 1. The zero-order chi connectivity index (χ0) is 25.7. The molecule has 4 nitrogen and oxygen atoms in total. The summed E-state index contributed by atoms with van der Waals surface area (Å²) >= 11 is 0. The van der Waals surface area contributed by atoms with E-state index in [-0.39, 0.29) is 17.4 Å². The molecule has 0 bridgehead atoms. The molecule has 0 amide bonds. The molecule has 1 N–H and O–H groups in total. The highest BCUT2D eigenvalue weighted by Crippen LogP contribution is 2.40. The first-order valence-corrected chi connectivity index (χ1v) is 14.6. The number of ether oxygens (including phenoxy) is 1. The maximum atomic E-state index is 12.5. The lowest BCUT2D eigenvalue weighted by atomic mass is 9.89. The van der Waals surface area contributed by atoms with Crippen molar-refractivity contribution >= 4 is 16.8 Å². The molecule has 1 aliphatic heterocycles. The summed E-state index contributed by atoms with van der Waals surface area (Å²) in [5.74, 6) is 1.48. The molecule has 0 saturated heterocycles. The van der Waals surface area contributed by atoms with Gasteiger partial charge in [0.2, 0.25) is 0 Å². The van der Waals surface area contributed by atoms with E-state index in [4.69, 9.17) is 4.74 Å². The molecule has 3 rings (SSSR count). The molecule has 35 heavy (non-hydrogen) atoms. The summed E-state index contributed by atoms with van der Waals surface area (Å²) in [7, 11) is -1.07. The number of unbranched alkanes of at least 4 members (excludes halogenated alkanes) is 5. The molecule has 1 aliphatic rings. The summed E-state index contributed by atoms with van der Waals surface area (Å²) in [5.41, 5.74) is 2.72. The van der Waals surface area contributed by atoms with Crippen molar-refractivity contribution in [2.24, 2.45) is 0 Å². The Hall–Kier alpha value is -1.98. The number of ketones is 1. The van der Waals surface area contributed by atoms with Crippen LogP contribution in [0.15, 0.2) is 48.5 Å². The fraction of sp³-hybridized carbons (Fsp3) is 0.567. The Bertz CT molecular complexity index is 926. The Kier molecular flexibility index (Phi) is 12.7. The lowest BCUT2D eigenvalue weighted by Crippen LogP contribution is -2.40. The molecule has 2 aromatic rings.